The van der Waals surface area contributed by atoms with Crippen LogP contribution in [0, 0.1) is 0 Å². The fourth-order valence-electron chi connectivity index (χ4n) is 1.82. The molecule has 1 amide bonds. The number of anilines is 1. The van der Waals surface area contributed by atoms with E-state index in [0.717, 1.165) is 24.2 Å². The van der Waals surface area contributed by atoms with Crippen molar-refractivity contribution in [1.29, 1.82) is 0 Å². The molecule has 2 rings (SSSR count). The van der Waals surface area contributed by atoms with Crippen molar-refractivity contribution in [1.82, 2.24) is 5.32 Å². The Morgan fingerprint density at radius 2 is 2.33 bits per heavy atom. The molecule has 0 radical (unpaired) electrons. The molecule has 1 aliphatic rings. The molecule has 4 nitrogen and oxygen atoms in total. The van der Waals surface area contributed by atoms with Gasteiger partial charge in [0.2, 0.25) is 0 Å². The van der Waals surface area contributed by atoms with Crippen LogP contribution in [0.5, 0.6) is 0 Å². The number of alkyl carbamates (subject to hydrolysis) is 1. The van der Waals surface area contributed by atoms with Crippen molar-refractivity contribution in [3.05, 3.63) is 29.8 Å². The van der Waals surface area contributed by atoms with E-state index in [1.165, 1.54) is 7.11 Å². The van der Waals surface area contributed by atoms with Gasteiger partial charge in [0.05, 0.1) is 13.2 Å². The van der Waals surface area contributed by atoms with Crippen LogP contribution in [0.4, 0.5) is 10.5 Å². The molecule has 0 aliphatic carbocycles. The monoisotopic (exact) mass is 206 g/mol. The zero-order chi connectivity index (χ0) is 10.7. The number of hydrogen-bond donors (Lipinski definition) is 2. The molecule has 80 valence electrons. The Kier molecular flexibility index (Phi) is 2.76. The van der Waals surface area contributed by atoms with Gasteiger partial charge in [0.15, 0.2) is 0 Å². The molecule has 1 heterocycles. The minimum Gasteiger partial charge on any atom is -0.453 e. The van der Waals surface area contributed by atoms with Gasteiger partial charge in [-0.1, -0.05) is 18.2 Å². The van der Waals surface area contributed by atoms with Crippen molar-refractivity contribution in [2.75, 3.05) is 19.0 Å². The Balaban J connectivity index is 2.18. The maximum atomic E-state index is 11.1. The molecule has 2 N–H and O–H groups in total. The summed E-state index contributed by atoms with van der Waals surface area (Å²) in [5, 5.41) is 6.12. The second-order valence-corrected chi connectivity index (χ2v) is 3.49. The van der Waals surface area contributed by atoms with Gasteiger partial charge in [-0.05, 0) is 18.1 Å². The Bertz CT molecular complexity index is 365. The highest BCUT2D eigenvalue weighted by Crippen LogP contribution is 2.29. The molecule has 0 saturated carbocycles. The number of fused-ring (bicyclic) bond motifs is 1. The van der Waals surface area contributed by atoms with Gasteiger partial charge in [0, 0.05) is 12.2 Å². The van der Waals surface area contributed by atoms with E-state index < -0.39 is 0 Å². The summed E-state index contributed by atoms with van der Waals surface area (Å²) in [4.78, 5) is 11.1. The molecule has 1 unspecified atom stereocenters. The van der Waals surface area contributed by atoms with Crippen molar-refractivity contribution < 1.29 is 9.53 Å². The molecule has 15 heavy (non-hydrogen) atoms. The topological polar surface area (TPSA) is 50.4 Å². The average Bonchev–Trinajstić information content (AvgIpc) is 2.29. The molecule has 1 aromatic carbocycles. The summed E-state index contributed by atoms with van der Waals surface area (Å²) < 4.78 is 4.60. The average molecular weight is 206 g/mol. The lowest BCUT2D eigenvalue weighted by Crippen LogP contribution is -2.32. The van der Waals surface area contributed by atoms with E-state index in [9.17, 15) is 4.79 Å². The van der Waals surface area contributed by atoms with Crippen molar-refractivity contribution >= 4 is 11.8 Å². The van der Waals surface area contributed by atoms with E-state index >= 15 is 0 Å². The summed E-state index contributed by atoms with van der Waals surface area (Å²) in [6, 6.07) is 8.03. The third-order valence-electron chi connectivity index (χ3n) is 2.56. The second-order valence-electron chi connectivity index (χ2n) is 3.49. The smallest absolute Gasteiger partial charge is 0.407 e. The Hall–Kier alpha value is -1.71. The number of rotatable bonds is 1. The van der Waals surface area contributed by atoms with Gasteiger partial charge in [0.1, 0.15) is 0 Å². The van der Waals surface area contributed by atoms with E-state index in [-0.39, 0.29) is 12.1 Å². The number of hydrogen-bond acceptors (Lipinski definition) is 3. The van der Waals surface area contributed by atoms with Gasteiger partial charge < -0.3 is 15.4 Å². The van der Waals surface area contributed by atoms with Crippen molar-refractivity contribution in [3.8, 4) is 0 Å². The Morgan fingerprint density at radius 1 is 1.53 bits per heavy atom. The number of nitrogens with one attached hydrogen (secondary N) is 2. The van der Waals surface area contributed by atoms with Crippen LogP contribution in [-0.4, -0.2) is 19.7 Å². The molecular formula is C11H14N2O2. The van der Waals surface area contributed by atoms with Crippen LogP contribution in [0.15, 0.2) is 24.3 Å². The first kappa shape index (κ1) is 9.83. The van der Waals surface area contributed by atoms with E-state index in [0.29, 0.717) is 0 Å². The first-order valence-corrected chi connectivity index (χ1v) is 4.98. The van der Waals surface area contributed by atoms with E-state index in [4.69, 9.17) is 0 Å². The third kappa shape index (κ3) is 2.03. The quantitative estimate of drug-likeness (QED) is 0.737. The summed E-state index contributed by atoms with van der Waals surface area (Å²) in [6.07, 6.45) is 0.503. The Morgan fingerprint density at radius 3 is 3.13 bits per heavy atom. The van der Waals surface area contributed by atoms with Crippen LogP contribution in [0.25, 0.3) is 0 Å². The minimum atomic E-state index is -0.378. The molecule has 0 saturated heterocycles. The van der Waals surface area contributed by atoms with Gasteiger partial charge in [-0.25, -0.2) is 4.79 Å². The number of carbonyl (C=O) groups is 1. The van der Waals surface area contributed by atoms with E-state index in [1.54, 1.807) is 0 Å². The molecule has 0 aromatic heterocycles. The van der Waals surface area contributed by atoms with E-state index in [1.807, 2.05) is 24.3 Å². The molecule has 1 aliphatic heterocycles. The van der Waals surface area contributed by atoms with Gasteiger partial charge in [0.25, 0.3) is 0 Å². The van der Waals surface area contributed by atoms with Crippen LogP contribution in [0.1, 0.15) is 18.0 Å². The summed E-state index contributed by atoms with van der Waals surface area (Å²) in [5.41, 5.74) is 2.21. The van der Waals surface area contributed by atoms with Gasteiger partial charge >= 0.3 is 6.09 Å². The molecule has 0 spiro atoms. The van der Waals surface area contributed by atoms with Crippen LogP contribution >= 0.6 is 0 Å². The highest BCUT2D eigenvalue weighted by atomic mass is 16.5. The van der Waals surface area contributed by atoms with E-state index in [2.05, 4.69) is 15.4 Å². The van der Waals surface area contributed by atoms with Crippen LogP contribution in [0.3, 0.4) is 0 Å². The first-order valence-electron chi connectivity index (χ1n) is 4.98. The van der Waals surface area contributed by atoms with Gasteiger partial charge in [-0.3, -0.25) is 0 Å². The first-order chi connectivity index (χ1) is 7.31. The number of ether oxygens (including phenoxy) is 1. The van der Waals surface area contributed by atoms with Crippen LogP contribution in [0.2, 0.25) is 0 Å². The van der Waals surface area contributed by atoms with Crippen LogP contribution < -0.4 is 10.6 Å². The molecule has 0 fully saturated rings. The normalized spacial score (nSPS) is 18.6. The molecule has 0 bridgehead atoms. The molecule has 1 aromatic rings. The summed E-state index contributed by atoms with van der Waals surface area (Å²) in [6.45, 7) is 0.867. The Labute approximate surface area is 88.6 Å². The highest BCUT2D eigenvalue weighted by Gasteiger charge is 2.20. The summed E-state index contributed by atoms with van der Waals surface area (Å²) in [7, 11) is 1.38. The minimum absolute atomic E-state index is 0.0508. The maximum absolute atomic E-state index is 11.1. The van der Waals surface area contributed by atoms with Crippen molar-refractivity contribution in [3.63, 3.8) is 0 Å². The third-order valence-corrected chi connectivity index (χ3v) is 2.56. The largest absolute Gasteiger partial charge is 0.453 e. The zero-order valence-corrected chi connectivity index (χ0v) is 8.62. The zero-order valence-electron chi connectivity index (χ0n) is 8.62. The predicted octanol–water partition coefficient (Wildman–Crippen LogP) is 1.90. The van der Waals surface area contributed by atoms with Crippen molar-refractivity contribution in [2.45, 2.75) is 12.5 Å². The summed E-state index contributed by atoms with van der Waals surface area (Å²) in [5.74, 6) is 0. The number of amides is 1. The SMILES string of the molecule is COC(=O)NC1CCNc2ccccc21. The molecule has 1 atom stereocenters. The number of methoxy groups -OCH3 is 1. The predicted molar refractivity (Wildman–Crippen MR) is 57.8 cm³/mol. The lowest BCUT2D eigenvalue weighted by molar-refractivity contribution is 0.166. The lowest BCUT2D eigenvalue weighted by atomic mass is 9.98. The standard InChI is InChI=1S/C11H14N2O2/c1-15-11(14)13-10-6-7-12-9-5-3-2-4-8(9)10/h2-5,10,12H,6-7H2,1H3,(H,13,14). The molecule has 4 heteroatoms. The number of benzene rings is 1. The lowest BCUT2D eigenvalue weighted by Gasteiger charge is -2.26. The van der Waals surface area contributed by atoms with Crippen molar-refractivity contribution in [2.24, 2.45) is 0 Å². The van der Waals surface area contributed by atoms with Gasteiger partial charge in [-0.15, -0.1) is 0 Å². The second kappa shape index (κ2) is 4.21. The summed E-state index contributed by atoms with van der Waals surface area (Å²) >= 11 is 0. The van der Waals surface area contributed by atoms with Crippen LogP contribution in [-0.2, 0) is 4.74 Å². The van der Waals surface area contributed by atoms with Gasteiger partial charge in [-0.2, -0.15) is 0 Å². The fourth-order valence-corrected chi connectivity index (χ4v) is 1.82. The fraction of sp³-hybridized carbons (Fsp3) is 0.364. The number of carbonyl (C=O) groups excluding carboxylic acids is 1. The molecular weight excluding hydrogens is 192 g/mol. The number of para-hydroxylation sites is 1. The maximum Gasteiger partial charge on any atom is 0.407 e. The highest BCUT2D eigenvalue weighted by molar-refractivity contribution is 5.69.